The summed E-state index contributed by atoms with van der Waals surface area (Å²) in [5.41, 5.74) is 0.962. The number of rotatable bonds is 21. The van der Waals surface area contributed by atoms with Crippen LogP contribution in [0.2, 0.25) is 0 Å². The Kier molecular flexibility index (Phi) is 15.0. The highest BCUT2D eigenvalue weighted by Gasteiger charge is 2.28. The normalized spacial score (nSPS) is 13.8. The minimum absolute atomic E-state index is 0.00841. The zero-order valence-electron chi connectivity index (χ0n) is 23.0. The summed E-state index contributed by atoms with van der Waals surface area (Å²) in [6.07, 6.45) is 1.31. The van der Waals surface area contributed by atoms with Gasteiger partial charge < -0.3 is 56.2 Å². The molecule has 10 N–H and O–H groups in total. The molecular weight excluding hydrogens is 520 g/mol. The number of aryl methyl sites for hydroxylation is 1. The maximum atomic E-state index is 10.2. The molecule has 11 nitrogen and oxygen atoms in total. The van der Waals surface area contributed by atoms with Crippen LogP contribution in [0.25, 0.3) is 0 Å². The van der Waals surface area contributed by atoms with Crippen molar-refractivity contribution in [2.24, 2.45) is 0 Å². The first-order valence-corrected chi connectivity index (χ1v) is 13.6. The van der Waals surface area contributed by atoms with Gasteiger partial charge in [0.1, 0.15) is 18.5 Å². The van der Waals surface area contributed by atoms with Crippen molar-refractivity contribution in [3.8, 4) is 5.75 Å². The minimum Gasteiger partial charge on any atom is -0.491 e. The van der Waals surface area contributed by atoms with E-state index in [0.717, 1.165) is 36.0 Å². The molecule has 0 heterocycles. The highest BCUT2D eigenvalue weighted by Crippen LogP contribution is 2.17. The van der Waals surface area contributed by atoms with Crippen molar-refractivity contribution in [1.82, 2.24) is 10.6 Å². The lowest BCUT2D eigenvalue weighted by atomic mass is 10.00. The molecule has 0 aromatic heterocycles. The van der Waals surface area contributed by atoms with Crippen molar-refractivity contribution in [2.45, 2.75) is 49.0 Å². The second kappa shape index (κ2) is 17.6. The minimum atomic E-state index is -1.25. The van der Waals surface area contributed by atoms with E-state index in [1.54, 1.807) is 0 Å². The Morgan fingerprint density at radius 3 is 1.50 bits per heavy atom. The Hall–Kier alpha value is -2.16. The largest absolute Gasteiger partial charge is 0.491 e. The van der Waals surface area contributed by atoms with E-state index in [-0.39, 0.29) is 19.7 Å². The third-order valence-electron chi connectivity index (χ3n) is 7.04. The number of nitrogens with one attached hydrogen (secondary N) is 2. The summed E-state index contributed by atoms with van der Waals surface area (Å²) in [5.74, 6) is 0.600. The Morgan fingerprint density at radius 1 is 0.600 bits per heavy atom. The molecule has 2 aromatic carbocycles. The van der Waals surface area contributed by atoms with Gasteiger partial charge in [0, 0.05) is 13.1 Å². The molecule has 2 unspecified atom stereocenters. The van der Waals surface area contributed by atoms with Gasteiger partial charge in [-0.3, -0.25) is 0 Å². The fourth-order valence-electron chi connectivity index (χ4n) is 3.96. The Balaban J connectivity index is 1.72. The third kappa shape index (κ3) is 11.0. The van der Waals surface area contributed by atoms with Crippen molar-refractivity contribution in [1.29, 1.82) is 0 Å². The molecule has 40 heavy (non-hydrogen) atoms. The number of hydrogen-bond acceptors (Lipinski definition) is 11. The van der Waals surface area contributed by atoms with Crippen LogP contribution < -0.4 is 15.4 Å². The van der Waals surface area contributed by atoms with Crippen LogP contribution in [0.5, 0.6) is 5.75 Å². The van der Waals surface area contributed by atoms with Crippen LogP contribution in [-0.2, 0) is 12.8 Å². The lowest BCUT2D eigenvalue weighted by molar-refractivity contribution is 0.0260. The number of aliphatic hydroxyl groups excluding tert-OH is 8. The Bertz CT molecular complexity index is 919. The van der Waals surface area contributed by atoms with Gasteiger partial charge in [0.25, 0.3) is 0 Å². The lowest BCUT2D eigenvalue weighted by Gasteiger charge is -2.30. The van der Waals surface area contributed by atoms with E-state index in [1.807, 2.05) is 24.3 Å². The number of ether oxygens (including phenoxy) is 1. The summed E-state index contributed by atoms with van der Waals surface area (Å²) in [7, 11) is 0. The van der Waals surface area contributed by atoms with Crippen molar-refractivity contribution in [2.75, 3.05) is 59.3 Å². The topological polar surface area (TPSA) is 195 Å². The van der Waals surface area contributed by atoms with Crippen molar-refractivity contribution < 1.29 is 45.6 Å². The number of hydrogen-bond donors (Lipinski definition) is 10. The Morgan fingerprint density at radius 2 is 1.02 bits per heavy atom. The van der Waals surface area contributed by atoms with Gasteiger partial charge in [0.05, 0.1) is 56.8 Å². The van der Waals surface area contributed by atoms with Crippen LogP contribution in [0.1, 0.15) is 29.5 Å². The van der Waals surface area contributed by atoms with Crippen LogP contribution in [0, 0.1) is 0 Å². The summed E-state index contributed by atoms with van der Waals surface area (Å²) in [6.45, 7) is -2.46. The summed E-state index contributed by atoms with van der Waals surface area (Å²) in [6, 6.07) is 15.9. The smallest absolute Gasteiger partial charge is 0.119 e. The van der Waals surface area contributed by atoms with Gasteiger partial charge >= 0.3 is 0 Å². The zero-order chi connectivity index (χ0) is 29.4. The van der Waals surface area contributed by atoms with E-state index in [2.05, 4.69) is 34.9 Å². The highest BCUT2D eigenvalue weighted by atomic mass is 16.5. The Labute approximate surface area is 235 Å². The maximum absolute atomic E-state index is 10.2. The summed E-state index contributed by atoms with van der Waals surface area (Å²) in [5, 5.41) is 81.9. The molecular formula is C29H46N2O9. The SMILES string of the molecule is OCC(CO)(CO)NCC(O)CCCc1ccc(Cc2ccc(OCC(O)CNC(CO)(CO)CO)cc2)cc1. The van der Waals surface area contributed by atoms with E-state index < -0.39 is 62.9 Å². The molecule has 11 heteroatoms. The van der Waals surface area contributed by atoms with Crippen molar-refractivity contribution in [3.05, 3.63) is 65.2 Å². The quantitative estimate of drug-likeness (QED) is 0.0828. The van der Waals surface area contributed by atoms with Crippen molar-refractivity contribution in [3.63, 3.8) is 0 Å². The molecule has 0 saturated carbocycles. The molecule has 2 atom stereocenters. The average Bonchev–Trinajstić information content (AvgIpc) is 2.99. The maximum Gasteiger partial charge on any atom is 0.119 e. The second-order valence-electron chi connectivity index (χ2n) is 10.4. The third-order valence-corrected chi connectivity index (χ3v) is 7.04. The predicted molar refractivity (Wildman–Crippen MR) is 150 cm³/mol. The molecule has 0 bridgehead atoms. The molecule has 0 radical (unpaired) electrons. The van der Waals surface area contributed by atoms with Gasteiger partial charge in [-0.15, -0.1) is 0 Å². The van der Waals surface area contributed by atoms with E-state index >= 15 is 0 Å². The highest BCUT2D eigenvalue weighted by molar-refractivity contribution is 5.32. The molecule has 0 saturated heterocycles. The lowest BCUT2D eigenvalue weighted by Crippen LogP contribution is -2.57. The average molecular weight is 567 g/mol. The predicted octanol–water partition coefficient (Wildman–Crippen LogP) is -1.69. The first-order valence-electron chi connectivity index (χ1n) is 13.6. The fraction of sp³-hybridized carbons (Fsp3) is 0.586. The molecule has 0 amide bonds. The molecule has 226 valence electrons. The molecule has 0 aliphatic rings. The van der Waals surface area contributed by atoms with Crippen LogP contribution in [0.15, 0.2) is 48.5 Å². The molecule has 2 rings (SSSR count). The van der Waals surface area contributed by atoms with E-state index in [1.165, 1.54) is 0 Å². The first-order chi connectivity index (χ1) is 19.3. The molecule has 2 aromatic rings. The van der Waals surface area contributed by atoms with Crippen LogP contribution >= 0.6 is 0 Å². The first kappa shape index (κ1) is 34.0. The van der Waals surface area contributed by atoms with E-state index in [9.17, 15) is 40.9 Å². The number of aliphatic hydroxyl groups is 8. The van der Waals surface area contributed by atoms with E-state index in [0.29, 0.717) is 12.2 Å². The fourth-order valence-corrected chi connectivity index (χ4v) is 3.96. The van der Waals surface area contributed by atoms with Gasteiger partial charge in [-0.1, -0.05) is 36.4 Å². The summed E-state index contributed by atoms with van der Waals surface area (Å²) in [4.78, 5) is 0. The summed E-state index contributed by atoms with van der Waals surface area (Å²) >= 11 is 0. The monoisotopic (exact) mass is 566 g/mol. The van der Waals surface area contributed by atoms with Gasteiger partial charge in [-0.05, 0) is 54.5 Å². The van der Waals surface area contributed by atoms with Crippen LogP contribution in [0.3, 0.4) is 0 Å². The second-order valence-corrected chi connectivity index (χ2v) is 10.4. The molecule has 0 aliphatic heterocycles. The van der Waals surface area contributed by atoms with Crippen LogP contribution in [0.4, 0.5) is 0 Å². The number of benzene rings is 2. The standard InChI is InChI=1S/C29H46N2O9/c32-16-28(17-33,18-34)30-13-25(38)3-1-2-22-4-6-23(7-5-22)12-24-8-10-27(11-9-24)40-15-26(39)14-31-29(19-35,20-36)21-37/h4-11,25-26,30-39H,1-3,12-21H2. The van der Waals surface area contributed by atoms with E-state index in [4.69, 9.17) is 4.74 Å². The van der Waals surface area contributed by atoms with Crippen LogP contribution in [-0.4, -0.2) is 123 Å². The van der Waals surface area contributed by atoms with Gasteiger partial charge in [-0.25, -0.2) is 0 Å². The van der Waals surface area contributed by atoms with Gasteiger partial charge in [0.15, 0.2) is 0 Å². The zero-order valence-corrected chi connectivity index (χ0v) is 23.0. The molecule has 0 aliphatic carbocycles. The summed E-state index contributed by atoms with van der Waals surface area (Å²) < 4.78 is 5.63. The van der Waals surface area contributed by atoms with Gasteiger partial charge in [0.2, 0.25) is 0 Å². The molecule has 0 spiro atoms. The molecule has 0 fully saturated rings. The number of β-amino-alcohol motifs (C(OH)–C–C–N with tert-alkyl or cyclic N) is 2. The van der Waals surface area contributed by atoms with Crippen molar-refractivity contribution >= 4 is 0 Å². The van der Waals surface area contributed by atoms with Gasteiger partial charge in [-0.2, -0.15) is 0 Å².